The van der Waals surface area contributed by atoms with Gasteiger partial charge in [-0.1, -0.05) is 35.9 Å². The molecule has 0 saturated carbocycles. The Bertz CT molecular complexity index is 733. The molecule has 0 aromatic heterocycles. The molecule has 4 unspecified atom stereocenters. The van der Waals surface area contributed by atoms with E-state index in [1.807, 2.05) is 30.3 Å². The first-order valence-electron chi connectivity index (χ1n) is 8.55. The third-order valence-electron chi connectivity index (χ3n) is 4.70. The summed E-state index contributed by atoms with van der Waals surface area (Å²) in [5.41, 5.74) is 2.69. The summed E-state index contributed by atoms with van der Waals surface area (Å²) in [6.07, 6.45) is -2.37. The first-order valence-corrected chi connectivity index (χ1v) is 8.93. The average molecular weight is 379 g/mol. The fourth-order valence-corrected chi connectivity index (χ4v) is 3.40. The van der Waals surface area contributed by atoms with Gasteiger partial charge in [0, 0.05) is 11.4 Å². The van der Waals surface area contributed by atoms with Gasteiger partial charge < -0.3 is 24.8 Å². The predicted octanol–water partition coefficient (Wildman–Crippen LogP) is 2.48. The zero-order chi connectivity index (χ0) is 18.7. The highest BCUT2D eigenvalue weighted by atomic mass is 35.5. The number of methoxy groups -OCH3 is 1. The van der Waals surface area contributed by atoms with Crippen LogP contribution in [0.4, 0.5) is 0 Å². The van der Waals surface area contributed by atoms with Gasteiger partial charge in [0.1, 0.15) is 18.0 Å². The molecule has 2 aromatic rings. The van der Waals surface area contributed by atoms with Gasteiger partial charge in [-0.15, -0.1) is 0 Å². The van der Waals surface area contributed by atoms with Gasteiger partial charge in [0.2, 0.25) is 0 Å². The first kappa shape index (κ1) is 19.1. The van der Waals surface area contributed by atoms with E-state index in [-0.39, 0.29) is 13.0 Å². The van der Waals surface area contributed by atoms with Crippen molar-refractivity contribution in [2.24, 2.45) is 0 Å². The minimum atomic E-state index is -1.05. The summed E-state index contributed by atoms with van der Waals surface area (Å²) in [6, 6.07) is 13.2. The lowest BCUT2D eigenvalue weighted by Gasteiger charge is -2.37. The smallest absolute Gasteiger partial charge is 0.118 e. The Morgan fingerprint density at radius 3 is 2.54 bits per heavy atom. The molecule has 140 valence electrons. The van der Waals surface area contributed by atoms with Crippen LogP contribution >= 0.6 is 11.6 Å². The second kappa shape index (κ2) is 8.37. The van der Waals surface area contributed by atoms with E-state index in [1.165, 1.54) is 0 Å². The van der Waals surface area contributed by atoms with E-state index in [0.29, 0.717) is 11.4 Å². The third-order valence-corrected chi connectivity index (χ3v) is 5.07. The molecule has 3 rings (SSSR count). The van der Waals surface area contributed by atoms with Crippen LogP contribution in [0.2, 0.25) is 5.02 Å². The van der Waals surface area contributed by atoms with E-state index in [4.69, 9.17) is 21.1 Å². The van der Waals surface area contributed by atoms with Crippen molar-refractivity contribution in [2.75, 3.05) is 13.7 Å². The summed E-state index contributed by atoms with van der Waals surface area (Å²) in [4.78, 5) is 0. The molecule has 0 spiro atoms. The monoisotopic (exact) mass is 378 g/mol. The van der Waals surface area contributed by atoms with Crippen LogP contribution in [0.15, 0.2) is 42.5 Å². The van der Waals surface area contributed by atoms with Crippen molar-refractivity contribution in [1.29, 1.82) is 0 Å². The van der Waals surface area contributed by atoms with Gasteiger partial charge in [-0.25, -0.2) is 0 Å². The van der Waals surface area contributed by atoms with Gasteiger partial charge in [0.05, 0.1) is 25.9 Å². The molecule has 0 radical (unpaired) electrons. The standard InChI is InChI=1S/C20H23ClO5/c1-25-15-5-2-12(3-6-15)8-14-9-13(4-7-17(14)21)20-19(24)18(23)10-16(11-22)26-20/h2-7,9,16,18-20,22-24H,8,10-11H2,1H3. The van der Waals surface area contributed by atoms with E-state index in [1.54, 1.807) is 19.2 Å². The van der Waals surface area contributed by atoms with Gasteiger partial charge in [0.15, 0.2) is 0 Å². The lowest BCUT2D eigenvalue weighted by molar-refractivity contribution is -0.179. The molecule has 0 amide bonds. The molecule has 4 atom stereocenters. The minimum Gasteiger partial charge on any atom is -0.497 e. The van der Waals surface area contributed by atoms with Crippen LogP contribution in [-0.4, -0.2) is 47.3 Å². The van der Waals surface area contributed by atoms with E-state index < -0.39 is 24.4 Å². The molecule has 1 aliphatic heterocycles. The molecule has 0 aliphatic carbocycles. The first-order chi connectivity index (χ1) is 12.5. The number of ether oxygens (including phenoxy) is 2. The number of benzene rings is 2. The highest BCUT2D eigenvalue weighted by Crippen LogP contribution is 2.34. The fraction of sp³-hybridized carbons (Fsp3) is 0.400. The van der Waals surface area contributed by atoms with Crippen LogP contribution in [0.3, 0.4) is 0 Å². The van der Waals surface area contributed by atoms with Crippen LogP contribution in [0.5, 0.6) is 5.75 Å². The van der Waals surface area contributed by atoms with E-state index in [0.717, 1.165) is 22.4 Å². The lowest BCUT2D eigenvalue weighted by atomic mass is 9.91. The van der Waals surface area contributed by atoms with Crippen LogP contribution in [-0.2, 0) is 11.2 Å². The summed E-state index contributed by atoms with van der Waals surface area (Å²) < 4.78 is 10.9. The van der Waals surface area contributed by atoms with Gasteiger partial charge in [-0.2, -0.15) is 0 Å². The molecule has 6 heteroatoms. The molecule has 3 N–H and O–H groups in total. The summed E-state index contributed by atoms with van der Waals surface area (Å²) in [5.74, 6) is 0.788. The summed E-state index contributed by atoms with van der Waals surface area (Å²) >= 11 is 6.35. The SMILES string of the molecule is COc1ccc(Cc2cc(C3OC(CO)CC(O)C3O)ccc2Cl)cc1. The van der Waals surface area contributed by atoms with E-state index in [2.05, 4.69) is 0 Å². The van der Waals surface area contributed by atoms with E-state index >= 15 is 0 Å². The zero-order valence-electron chi connectivity index (χ0n) is 14.5. The Kier molecular flexibility index (Phi) is 6.16. The van der Waals surface area contributed by atoms with Crippen molar-refractivity contribution in [2.45, 2.75) is 37.3 Å². The predicted molar refractivity (Wildman–Crippen MR) is 98.6 cm³/mol. The summed E-state index contributed by atoms with van der Waals surface area (Å²) in [7, 11) is 1.62. The molecule has 26 heavy (non-hydrogen) atoms. The largest absolute Gasteiger partial charge is 0.497 e. The van der Waals surface area contributed by atoms with Gasteiger partial charge >= 0.3 is 0 Å². The second-order valence-electron chi connectivity index (χ2n) is 6.53. The Morgan fingerprint density at radius 1 is 1.15 bits per heavy atom. The van der Waals surface area contributed by atoms with Crippen LogP contribution in [0.1, 0.15) is 29.2 Å². The van der Waals surface area contributed by atoms with Crippen molar-refractivity contribution in [3.8, 4) is 5.75 Å². The third kappa shape index (κ3) is 4.19. The molecule has 2 aromatic carbocycles. The second-order valence-corrected chi connectivity index (χ2v) is 6.94. The maximum Gasteiger partial charge on any atom is 0.118 e. The van der Waals surface area contributed by atoms with Crippen LogP contribution in [0, 0.1) is 0 Å². The molecular weight excluding hydrogens is 356 g/mol. The van der Waals surface area contributed by atoms with Crippen molar-refractivity contribution in [1.82, 2.24) is 0 Å². The Balaban J connectivity index is 1.84. The normalized spacial score (nSPS) is 25.9. The fourth-order valence-electron chi connectivity index (χ4n) is 3.22. The van der Waals surface area contributed by atoms with Crippen molar-refractivity contribution >= 4 is 11.6 Å². The maximum absolute atomic E-state index is 10.3. The average Bonchev–Trinajstić information content (AvgIpc) is 2.66. The molecular formula is C20H23ClO5. The Hall–Kier alpha value is -1.63. The topological polar surface area (TPSA) is 79.2 Å². The molecule has 1 aliphatic rings. The van der Waals surface area contributed by atoms with Crippen molar-refractivity contribution in [3.05, 3.63) is 64.2 Å². The molecule has 1 fully saturated rings. The van der Waals surface area contributed by atoms with Gasteiger partial charge in [0.25, 0.3) is 0 Å². The number of hydrogen-bond acceptors (Lipinski definition) is 5. The highest BCUT2D eigenvalue weighted by Gasteiger charge is 2.37. The zero-order valence-corrected chi connectivity index (χ0v) is 15.3. The minimum absolute atomic E-state index is 0.202. The highest BCUT2D eigenvalue weighted by molar-refractivity contribution is 6.31. The lowest BCUT2D eigenvalue weighted by Crippen LogP contribution is -2.44. The maximum atomic E-state index is 10.3. The Morgan fingerprint density at radius 2 is 1.88 bits per heavy atom. The van der Waals surface area contributed by atoms with Gasteiger partial charge in [-0.05, 0) is 41.3 Å². The molecule has 5 nitrogen and oxygen atoms in total. The quantitative estimate of drug-likeness (QED) is 0.745. The number of aliphatic hydroxyl groups excluding tert-OH is 3. The summed E-state index contributed by atoms with van der Waals surface area (Å²) in [5, 5.41) is 30.3. The van der Waals surface area contributed by atoms with Crippen LogP contribution < -0.4 is 4.74 Å². The number of rotatable bonds is 5. The van der Waals surface area contributed by atoms with Crippen molar-refractivity contribution in [3.63, 3.8) is 0 Å². The van der Waals surface area contributed by atoms with E-state index in [9.17, 15) is 15.3 Å². The number of aliphatic hydroxyl groups is 3. The van der Waals surface area contributed by atoms with Gasteiger partial charge in [-0.3, -0.25) is 0 Å². The summed E-state index contributed by atoms with van der Waals surface area (Å²) in [6.45, 7) is -0.202. The van der Waals surface area contributed by atoms with Crippen molar-refractivity contribution < 1.29 is 24.8 Å². The Labute approximate surface area is 157 Å². The van der Waals surface area contributed by atoms with Crippen LogP contribution in [0.25, 0.3) is 0 Å². The molecule has 1 saturated heterocycles. The molecule has 0 bridgehead atoms. The number of hydrogen-bond donors (Lipinski definition) is 3. The number of halogens is 1. The molecule has 1 heterocycles.